The Morgan fingerprint density at radius 2 is 2.29 bits per heavy atom. The van der Waals surface area contributed by atoms with Gasteiger partial charge in [-0.05, 0) is 31.0 Å². The molecule has 2 atom stereocenters. The molecule has 1 aliphatic carbocycles. The highest BCUT2D eigenvalue weighted by Crippen LogP contribution is 2.30. The minimum Gasteiger partial charge on any atom is -0.397 e. The first-order valence-corrected chi connectivity index (χ1v) is 5.91. The van der Waals surface area contributed by atoms with Crippen LogP contribution in [0.4, 0.5) is 11.4 Å². The number of nitrogens with one attached hydrogen (secondary N) is 1. The number of rotatable bonds is 3. The van der Waals surface area contributed by atoms with Crippen LogP contribution >= 0.6 is 0 Å². The summed E-state index contributed by atoms with van der Waals surface area (Å²) >= 11 is 0. The first-order valence-electron chi connectivity index (χ1n) is 5.91. The molecule has 0 amide bonds. The molecule has 4 nitrogen and oxygen atoms in total. The molecule has 4 heteroatoms. The molecule has 2 rings (SSSR count). The third kappa shape index (κ3) is 2.51. The van der Waals surface area contributed by atoms with Crippen LogP contribution in [0.2, 0.25) is 0 Å². The first kappa shape index (κ1) is 11.7. The number of nitrogens with zero attached hydrogens (tertiary/aromatic N) is 1. The second-order valence-corrected chi connectivity index (χ2v) is 4.54. The van der Waals surface area contributed by atoms with Gasteiger partial charge in [0.05, 0.1) is 23.0 Å². The SMILES string of the molecule is N#Cc1ccc(NC2CCCC2CO)c(N)c1. The summed E-state index contributed by atoms with van der Waals surface area (Å²) in [6.45, 7) is 0.216. The fourth-order valence-corrected chi connectivity index (χ4v) is 2.41. The van der Waals surface area contributed by atoms with Gasteiger partial charge in [0.2, 0.25) is 0 Å². The minimum absolute atomic E-state index is 0.216. The van der Waals surface area contributed by atoms with E-state index in [1.54, 1.807) is 12.1 Å². The van der Waals surface area contributed by atoms with E-state index in [-0.39, 0.29) is 12.6 Å². The average molecular weight is 231 g/mol. The summed E-state index contributed by atoms with van der Waals surface area (Å²) in [6, 6.07) is 7.61. The number of nitrogen functional groups attached to an aromatic ring is 1. The Labute approximate surface area is 101 Å². The Morgan fingerprint density at radius 1 is 1.47 bits per heavy atom. The van der Waals surface area contributed by atoms with Gasteiger partial charge in [0.1, 0.15) is 0 Å². The van der Waals surface area contributed by atoms with E-state index in [1.165, 1.54) is 0 Å². The summed E-state index contributed by atoms with van der Waals surface area (Å²) in [4.78, 5) is 0. The Kier molecular flexibility index (Phi) is 3.50. The van der Waals surface area contributed by atoms with Gasteiger partial charge in [0.25, 0.3) is 0 Å². The normalized spacial score (nSPS) is 23.3. The molecule has 1 saturated carbocycles. The fourth-order valence-electron chi connectivity index (χ4n) is 2.41. The molecule has 0 spiro atoms. The van der Waals surface area contributed by atoms with E-state index < -0.39 is 0 Å². The maximum atomic E-state index is 9.25. The van der Waals surface area contributed by atoms with Crippen molar-refractivity contribution in [3.8, 4) is 6.07 Å². The second kappa shape index (κ2) is 5.07. The van der Waals surface area contributed by atoms with Crippen LogP contribution in [0.25, 0.3) is 0 Å². The van der Waals surface area contributed by atoms with Crippen LogP contribution in [0.5, 0.6) is 0 Å². The Balaban J connectivity index is 2.11. The molecule has 0 aliphatic heterocycles. The van der Waals surface area contributed by atoms with Crippen molar-refractivity contribution in [1.29, 1.82) is 5.26 Å². The maximum Gasteiger partial charge on any atom is 0.0992 e. The van der Waals surface area contributed by atoms with Crippen LogP contribution in [-0.4, -0.2) is 17.8 Å². The minimum atomic E-state index is 0.216. The van der Waals surface area contributed by atoms with Crippen molar-refractivity contribution in [1.82, 2.24) is 0 Å². The monoisotopic (exact) mass is 231 g/mol. The lowest BCUT2D eigenvalue weighted by Gasteiger charge is -2.21. The second-order valence-electron chi connectivity index (χ2n) is 4.54. The summed E-state index contributed by atoms with van der Waals surface area (Å²) in [5.41, 5.74) is 7.90. The number of anilines is 2. The lowest BCUT2D eigenvalue weighted by molar-refractivity contribution is 0.222. The molecule has 4 N–H and O–H groups in total. The molecule has 0 radical (unpaired) electrons. The maximum absolute atomic E-state index is 9.25. The Hall–Kier alpha value is -1.73. The topological polar surface area (TPSA) is 82.1 Å². The predicted octanol–water partition coefficient (Wildman–Crippen LogP) is 1.71. The lowest BCUT2D eigenvalue weighted by Crippen LogP contribution is -2.26. The zero-order valence-corrected chi connectivity index (χ0v) is 9.69. The van der Waals surface area contributed by atoms with Gasteiger partial charge in [-0.15, -0.1) is 0 Å². The van der Waals surface area contributed by atoms with Gasteiger partial charge in [0, 0.05) is 18.6 Å². The Bertz CT molecular complexity index is 439. The highest BCUT2D eigenvalue weighted by atomic mass is 16.3. The van der Waals surface area contributed by atoms with Gasteiger partial charge in [-0.25, -0.2) is 0 Å². The molecule has 0 aromatic heterocycles. The largest absolute Gasteiger partial charge is 0.397 e. The van der Waals surface area contributed by atoms with E-state index >= 15 is 0 Å². The van der Waals surface area contributed by atoms with Crippen molar-refractivity contribution in [3.05, 3.63) is 23.8 Å². The van der Waals surface area contributed by atoms with Crippen molar-refractivity contribution in [2.75, 3.05) is 17.7 Å². The van der Waals surface area contributed by atoms with Gasteiger partial charge < -0.3 is 16.2 Å². The molecular weight excluding hydrogens is 214 g/mol. The lowest BCUT2D eigenvalue weighted by atomic mass is 10.0. The van der Waals surface area contributed by atoms with Crippen molar-refractivity contribution < 1.29 is 5.11 Å². The molecular formula is C13H17N3O. The zero-order chi connectivity index (χ0) is 12.3. The highest BCUT2D eigenvalue weighted by Gasteiger charge is 2.26. The molecule has 1 aromatic carbocycles. The van der Waals surface area contributed by atoms with Crippen LogP contribution in [-0.2, 0) is 0 Å². The quantitative estimate of drug-likeness (QED) is 0.692. The molecule has 0 saturated heterocycles. The molecule has 1 aliphatic rings. The van der Waals surface area contributed by atoms with E-state index in [0.717, 1.165) is 24.9 Å². The summed E-state index contributed by atoms with van der Waals surface area (Å²) < 4.78 is 0. The molecule has 1 fully saturated rings. The number of hydrogen-bond donors (Lipinski definition) is 3. The number of aliphatic hydroxyl groups is 1. The summed E-state index contributed by atoms with van der Waals surface area (Å²) in [5, 5.41) is 21.4. The molecule has 17 heavy (non-hydrogen) atoms. The van der Waals surface area contributed by atoms with Crippen LogP contribution < -0.4 is 11.1 Å². The average Bonchev–Trinajstić information content (AvgIpc) is 2.79. The molecule has 90 valence electrons. The van der Waals surface area contributed by atoms with Crippen LogP contribution in [0.1, 0.15) is 24.8 Å². The van der Waals surface area contributed by atoms with Crippen molar-refractivity contribution in [2.24, 2.45) is 5.92 Å². The van der Waals surface area contributed by atoms with E-state index in [1.807, 2.05) is 6.07 Å². The summed E-state index contributed by atoms with van der Waals surface area (Å²) in [5.74, 6) is 0.310. The predicted molar refractivity (Wildman–Crippen MR) is 67.4 cm³/mol. The first-order chi connectivity index (χ1) is 8.24. The Morgan fingerprint density at radius 3 is 2.94 bits per heavy atom. The third-order valence-electron chi connectivity index (χ3n) is 3.42. The standard InChI is InChI=1S/C13H17N3O/c14-7-9-4-5-13(11(15)6-9)16-12-3-1-2-10(12)8-17/h4-6,10,12,16-17H,1-3,8,15H2. The highest BCUT2D eigenvalue weighted by molar-refractivity contribution is 5.68. The van der Waals surface area contributed by atoms with Gasteiger partial charge >= 0.3 is 0 Å². The smallest absolute Gasteiger partial charge is 0.0992 e. The van der Waals surface area contributed by atoms with E-state index in [9.17, 15) is 5.11 Å². The van der Waals surface area contributed by atoms with Gasteiger partial charge in [0.15, 0.2) is 0 Å². The molecule has 0 heterocycles. The van der Waals surface area contributed by atoms with Gasteiger partial charge in [-0.3, -0.25) is 0 Å². The van der Waals surface area contributed by atoms with Crippen molar-refractivity contribution in [3.63, 3.8) is 0 Å². The molecule has 1 aromatic rings. The number of benzene rings is 1. The van der Waals surface area contributed by atoms with E-state index in [0.29, 0.717) is 17.2 Å². The van der Waals surface area contributed by atoms with E-state index in [4.69, 9.17) is 11.0 Å². The summed E-state index contributed by atoms with van der Waals surface area (Å²) in [6.07, 6.45) is 3.26. The van der Waals surface area contributed by atoms with E-state index in [2.05, 4.69) is 11.4 Å². The number of aliphatic hydroxyl groups excluding tert-OH is 1. The van der Waals surface area contributed by atoms with Crippen molar-refractivity contribution >= 4 is 11.4 Å². The van der Waals surface area contributed by atoms with Gasteiger partial charge in [-0.2, -0.15) is 5.26 Å². The van der Waals surface area contributed by atoms with Crippen LogP contribution in [0.15, 0.2) is 18.2 Å². The van der Waals surface area contributed by atoms with Crippen LogP contribution in [0, 0.1) is 17.2 Å². The number of nitriles is 1. The number of nitrogens with two attached hydrogens (primary N) is 1. The van der Waals surface area contributed by atoms with Crippen molar-refractivity contribution in [2.45, 2.75) is 25.3 Å². The molecule has 0 bridgehead atoms. The fraction of sp³-hybridized carbons (Fsp3) is 0.462. The third-order valence-corrected chi connectivity index (χ3v) is 3.42. The summed E-state index contributed by atoms with van der Waals surface area (Å²) in [7, 11) is 0. The zero-order valence-electron chi connectivity index (χ0n) is 9.69. The van der Waals surface area contributed by atoms with Gasteiger partial charge in [-0.1, -0.05) is 6.42 Å². The molecule has 2 unspecified atom stereocenters. The van der Waals surface area contributed by atoms with Crippen LogP contribution in [0.3, 0.4) is 0 Å². The number of hydrogen-bond acceptors (Lipinski definition) is 4.